The molecule has 1 nitrogen and oxygen atoms in total. The Bertz CT molecular complexity index is 322. The smallest absolute Gasteiger partial charge is 0.0314 e. The fourth-order valence-electron chi connectivity index (χ4n) is 1.71. The van der Waals surface area contributed by atoms with Crippen molar-refractivity contribution in [2.75, 3.05) is 5.73 Å². The molecule has 0 aliphatic heterocycles. The van der Waals surface area contributed by atoms with Crippen molar-refractivity contribution in [2.24, 2.45) is 11.8 Å². The van der Waals surface area contributed by atoms with Crippen LogP contribution in [-0.2, 0) is 6.42 Å². The van der Waals surface area contributed by atoms with Crippen LogP contribution in [-0.4, -0.2) is 0 Å². The first kappa shape index (κ1) is 11.8. The molecule has 1 aromatic rings. The number of hydrogen-bond donors (Lipinski definition) is 1. The van der Waals surface area contributed by atoms with Crippen molar-refractivity contribution in [1.29, 1.82) is 0 Å². The van der Waals surface area contributed by atoms with Crippen molar-refractivity contribution >= 4 is 5.69 Å². The van der Waals surface area contributed by atoms with Crippen LogP contribution in [0.25, 0.3) is 0 Å². The van der Waals surface area contributed by atoms with E-state index in [9.17, 15) is 0 Å². The van der Waals surface area contributed by atoms with Crippen molar-refractivity contribution in [3.8, 4) is 0 Å². The van der Waals surface area contributed by atoms with Crippen LogP contribution in [0.5, 0.6) is 0 Å². The average molecular weight is 203 g/mol. The highest BCUT2D eigenvalue weighted by molar-refractivity contribution is 5.39. The molecule has 15 heavy (non-hydrogen) atoms. The number of benzene rings is 1. The van der Waals surface area contributed by atoms with Crippen molar-refractivity contribution in [3.05, 3.63) is 42.0 Å². The second-order valence-corrected chi connectivity index (χ2v) is 4.58. The summed E-state index contributed by atoms with van der Waals surface area (Å²) in [7, 11) is 0. The van der Waals surface area contributed by atoms with Crippen LogP contribution in [0.15, 0.2) is 36.4 Å². The summed E-state index contributed by atoms with van der Waals surface area (Å²) in [6.45, 7) is 10.8. The minimum atomic E-state index is 0.536. The molecule has 1 heteroatoms. The van der Waals surface area contributed by atoms with Gasteiger partial charge in [-0.25, -0.2) is 0 Å². The number of hydrogen-bond acceptors (Lipinski definition) is 1. The Morgan fingerprint density at radius 3 is 2.20 bits per heavy atom. The van der Waals surface area contributed by atoms with E-state index < -0.39 is 0 Å². The third-order valence-corrected chi connectivity index (χ3v) is 2.90. The fraction of sp³-hybridized carbons (Fsp3) is 0.429. The lowest BCUT2D eigenvalue weighted by Crippen LogP contribution is -2.07. The zero-order chi connectivity index (χ0) is 11.4. The highest BCUT2D eigenvalue weighted by Gasteiger charge is 2.10. The quantitative estimate of drug-likeness (QED) is 0.586. The maximum atomic E-state index is 5.65. The van der Waals surface area contributed by atoms with E-state index in [1.54, 1.807) is 0 Å². The lowest BCUT2D eigenvalue weighted by molar-refractivity contribution is 0.584. The van der Waals surface area contributed by atoms with Gasteiger partial charge in [-0.3, -0.25) is 0 Å². The molecule has 1 unspecified atom stereocenters. The number of nitrogens with two attached hydrogens (primary N) is 1. The molecule has 0 bridgehead atoms. The van der Waals surface area contributed by atoms with Gasteiger partial charge in [-0.05, 0) is 36.0 Å². The van der Waals surface area contributed by atoms with Crippen molar-refractivity contribution in [3.63, 3.8) is 0 Å². The first-order valence-electron chi connectivity index (χ1n) is 5.53. The largest absolute Gasteiger partial charge is 0.399 e. The van der Waals surface area contributed by atoms with E-state index in [0.29, 0.717) is 11.8 Å². The molecule has 0 spiro atoms. The average Bonchev–Trinajstić information content (AvgIpc) is 2.20. The van der Waals surface area contributed by atoms with E-state index in [1.807, 2.05) is 12.1 Å². The van der Waals surface area contributed by atoms with Gasteiger partial charge >= 0.3 is 0 Å². The lowest BCUT2D eigenvalue weighted by atomic mass is 9.88. The maximum Gasteiger partial charge on any atom is 0.0314 e. The Morgan fingerprint density at radius 2 is 1.73 bits per heavy atom. The van der Waals surface area contributed by atoms with Crippen LogP contribution in [0.2, 0.25) is 0 Å². The van der Waals surface area contributed by atoms with Crippen LogP contribution in [0.3, 0.4) is 0 Å². The topological polar surface area (TPSA) is 26.0 Å². The molecule has 0 heterocycles. The summed E-state index contributed by atoms with van der Waals surface area (Å²) >= 11 is 0. The molecule has 0 saturated heterocycles. The number of nitrogen functional groups attached to an aromatic ring is 1. The molecule has 0 aromatic heterocycles. The van der Waals surface area contributed by atoms with Crippen molar-refractivity contribution in [2.45, 2.75) is 27.2 Å². The van der Waals surface area contributed by atoms with Gasteiger partial charge in [0.15, 0.2) is 0 Å². The van der Waals surface area contributed by atoms with E-state index in [-0.39, 0.29) is 0 Å². The van der Waals surface area contributed by atoms with Crippen LogP contribution < -0.4 is 5.73 Å². The second-order valence-electron chi connectivity index (χ2n) is 4.58. The lowest BCUT2D eigenvalue weighted by Gasteiger charge is -2.18. The molecule has 1 rings (SSSR count). The Balaban J connectivity index is 2.62. The minimum Gasteiger partial charge on any atom is -0.399 e. The molecule has 0 aliphatic carbocycles. The maximum absolute atomic E-state index is 5.65. The third-order valence-electron chi connectivity index (χ3n) is 2.90. The first-order chi connectivity index (χ1) is 7.00. The van der Waals surface area contributed by atoms with E-state index in [1.165, 1.54) is 11.1 Å². The normalized spacial score (nSPS) is 12.8. The Kier molecular flexibility index (Phi) is 3.96. The number of anilines is 1. The zero-order valence-electron chi connectivity index (χ0n) is 9.96. The molecule has 0 fully saturated rings. The molecule has 0 aliphatic rings. The second kappa shape index (κ2) is 5.01. The van der Waals surface area contributed by atoms with Crippen LogP contribution in [0.1, 0.15) is 26.3 Å². The van der Waals surface area contributed by atoms with E-state index in [4.69, 9.17) is 5.73 Å². The van der Waals surface area contributed by atoms with Gasteiger partial charge in [-0.2, -0.15) is 0 Å². The molecule has 2 N–H and O–H groups in total. The highest BCUT2D eigenvalue weighted by atomic mass is 14.5. The standard InChI is InChI=1S/C14H21N/c1-10(2)12(4)11(3)9-13-5-7-14(15)8-6-13/h5-8,10-11H,4,9,15H2,1-3H3. The predicted octanol–water partition coefficient (Wildman–Crippen LogP) is 3.66. The van der Waals surface area contributed by atoms with Gasteiger partial charge < -0.3 is 5.73 Å². The molecule has 0 saturated carbocycles. The van der Waals surface area contributed by atoms with E-state index in [2.05, 4.69) is 39.5 Å². The molecule has 0 radical (unpaired) electrons. The Morgan fingerprint density at radius 1 is 1.20 bits per heavy atom. The summed E-state index contributed by atoms with van der Waals surface area (Å²) in [4.78, 5) is 0. The van der Waals surface area contributed by atoms with Gasteiger partial charge in [0.2, 0.25) is 0 Å². The van der Waals surface area contributed by atoms with Gasteiger partial charge in [0, 0.05) is 5.69 Å². The summed E-state index contributed by atoms with van der Waals surface area (Å²) in [5.74, 6) is 1.10. The van der Waals surface area contributed by atoms with Crippen molar-refractivity contribution in [1.82, 2.24) is 0 Å². The van der Waals surface area contributed by atoms with Crippen LogP contribution in [0.4, 0.5) is 5.69 Å². The van der Waals surface area contributed by atoms with Crippen LogP contribution in [0, 0.1) is 11.8 Å². The Hall–Kier alpha value is -1.24. The minimum absolute atomic E-state index is 0.536. The first-order valence-corrected chi connectivity index (χ1v) is 5.53. The summed E-state index contributed by atoms with van der Waals surface area (Å²) < 4.78 is 0. The summed E-state index contributed by atoms with van der Waals surface area (Å²) in [6, 6.07) is 8.11. The third kappa shape index (κ3) is 3.43. The predicted molar refractivity (Wildman–Crippen MR) is 67.7 cm³/mol. The van der Waals surface area contributed by atoms with Gasteiger partial charge in [0.05, 0.1) is 0 Å². The SMILES string of the molecule is C=C(C(C)C)C(C)Cc1ccc(N)cc1. The molecule has 0 amide bonds. The molecular weight excluding hydrogens is 182 g/mol. The van der Waals surface area contributed by atoms with Gasteiger partial charge in [0.25, 0.3) is 0 Å². The molecule has 82 valence electrons. The molecule has 1 aromatic carbocycles. The molecular formula is C14H21N. The van der Waals surface area contributed by atoms with Crippen LogP contribution >= 0.6 is 0 Å². The zero-order valence-corrected chi connectivity index (χ0v) is 9.96. The fourth-order valence-corrected chi connectivity index (χ4v) is 1.71. The highest BCUT2D eigenvalue weighted by Crippen LogP contribution is 2.21. The van der Waals surface area contributed by atoms with Gasteiger partial charge in [0.1, 0.15) is 0 Å². The van der Waals surface area contributed by atoms with Gasteiger partial charge in [-0.1, -0.05) is 45.1 Å². The monoisotopic (exact) mass is 203 g/mol. The van der Waals surface area contributed by atoms with E-state index >= 15 is 0 Å². The summed E-state index contributed by atoms with van der Waals surface area (Å²) in [5.41, 5.74) is 9.13. The Labute approximate surface area is 93.0 Å². The van der Waals surface area contributed by atoms with Crippen molar-refractivity contribution < 1.29 is 0 Å². The molecule has 1 atom stereocenters. The number of rotatable bonds is 4. The van der Waals surface area contributed by atoms with Gasteiger partial charge in [-0.15, -0.1) is 0 Å². The van der Waals surface area contributed by atoms with E-state index in [0.717, 1.165) is 12.1 Å². The number of allylic oxidation sites excluding steroid dienone is 1. The summed E-state index contributed by atoms with van der Waals surface area (Å²) in [5, 5.41) is 0. The summed E-state index contributed by atoms with van der Waals surface area (Å²) in [6.07, 6.45) is 1.05.